The van der Waals surface area contributed by atoms with Crippen LogP contribution in [0.2, 0.25) is 0 Å². The molecule has 0 spiro atoms. The van der Waals surface area contributed by atoms with Gasteiger partial charge in [0.1, 0.15) is 0 Å². The maximum Gasteiger partial charge on any atom is 0.253 e. The van der Waals surface area contributed by atoms with Gasteiger partial charge in [-0.05, 0) is 67.7 Å². The molecule has 1 saturated carbocycles. The van der Waals surface area contributed by atoms with Crippen molar-refractivity contribution >= 4 is 15.9 Å². The first-order chi connectivity index (χ1) is 13.4. The highest BCUT2D eigenvalue weighted by Gasteiger charge is 2.33. The number of carbonyl (C=O) groups excluding carboxylic acids is 1. The van der Waals surface area contributed by atoms with Gasteiger partial charge in [0.15, 0.2) is 0 Å². The molecule has 3 aliphatic rings. The fourth-order valence-corrected chi connectivity index (χ4v) is 6.58. The molecule has 4 rings (SSSR count). The van der Waals surface area contributed by atoms with Crippen molar-refractivity contribution in [1.29, 1.82) is 0 Å². The van der Waals surface area contributed by atoms with Crippen molar-refractivity contribution in [2.45, 2.75) is 56.8 Å². The molecule has 0 bridgehead atoms. The molecule has 2 atom stereocenters. The van der Waals surface area contributed by atoms with Gasteiger partial charge >= 0.3 is 0 Å². The van der Waals surface area contributed by atoms with Crippen LogP contribution in [0.1, 0.15) is 62.2 Å². The minimum absolute atomic E-state index is 0.0415. The third kappa shape index (κ3) is 3.99. The Kier molecular flexibility index (Phi) is 5.79. The van der Waals surface area contributed by atoms with Gasteiger partial charge in [-0.3, -0.25) is 4.79 Å². The predicted octanol–water partition coefficient (Wildman–Crippen LogP) is 3.76. The highest BCUT2D eigenvalue weighted by atomic mass is 32.2. The molecule has 0 unspecified atom stereocenters. The van der Waals surface area contributed by atoms with Crippen LogP contribution in [-0.4, -0.2) is 49.7 Å². The van der Waals surface area contributed by atoms with Crippen LogP contribution in [0.5, 0.6) is 0 Å². The standard InChI is InChI=1S/C22H32N2O3S/c1-17-10-14-24(15-11-17)28(26,27)21-8-6-19(7-9-21)22(25)23-13-12-18-4-2-3-5-20(18)16-23/h6-9,17-18,20H,2-5,10-16H2,1H3/t18-,20+/m1/s1. The van der Waals surface area contributed by atoms with Crippen LogP contribution in [0.25, 0.3) is 0 Å². The highest BCUT2D eigenvalue weighted by Crippen LogP contribution is 2.36. The quantitative estimate of drug-likeness (QED) is 0.771. The summed E-state index contributed by atoms with van der Waals surface area (Å²) in [6.07, 6.45) is 8.09. The van der Waals surface area contributed by atoms with Crippen molar-refractivity contribution < 1.29 is 13.2 Å². The second-order valence-electron chi connectivity index (χ2n) is 8.96. The van der Waals surface area contributed by atoms with Gasteiger partial charge in [0.25, 0.3) is 5.91 Å². The molecule has 2 aliphatic heterocycles. The summed E-state index contributed by atoms with van der Waals surface area (Å²) in [6.45, 7) is 5.02. The predicted molar refractivity (Wildman–Crippen MR) is 110 cm³/mol. The van der Waals surface area contributed by atoms with Gasteiger partial charge in [0.05, 0.1) is 4.90 Å². The van der Waals surface area contributed by atoms with Crippen LogP contribution in [0.15, 0.2) is 29.2 Å². The number of hydrogen-bond acceptors (Lipinski definition) is 3. The number of carbonyl (C=O) groups is 1. The Morgan fingerprint density at radius 1 is 0.893 bits per heavy atom. The van der Waals surface area contributed by atoms with Crippen molar-refractivity contribution in [2.24, 2.45) is 17.8 Å². The topological polar surface area (TPSA) is 57.7 Å². The van der Waals surface area contributed by atoms with Crippen molar-refractivity contribution in [3.05, 3.63) is 29.8 Å². The molecule has 28 heavy (non-hydrogen) atoms. The van der Waals surface area contributed by atoms with E-state index < -0.39 is 10.0 Å². The molecule has 0 radical (unpaired) electrons. The van der Waals surface area contributed by atoms with Gasteiger partial charge < -0.3 is 4.90 Å². The Morgan fingerprint density at radius 3 is 2.21 bits per heavy atom. The zero-order chi connectivity index (χ0) is 19.7. The molecule has 1 aromatic rings. The van der Waals surface area contributed by atoms with E-state index in [-0.39, 0.29) is 5.91 Å². The van der Waals surface area contributed by atoms with E-state index in [1.807, 2.05) is 4.90 Å². The molecular formula is C22H32N2O3S. The summed E-state index contributed by atoms with van der Waals surface area (Å²) in [4.78, 5) is 15.2. The second-order valence-corrected chi connectivity index (χ2v) is 10.9. The SMILES string of the molecule is CC1CCN(S(=O)(=O)c2ccc(C(=O)N3CC[C@H]4CCCC[C@H]4C3)cc2)CC1. The van der Waals surface area contributed by atoms with Gasteiger partial charge in [-0.1, -0.05) is 26.2 Å². The number of piperidine rings is 2. The summed E-state index contributed by atoms with van der Waals surface area (Å²) >= 11 is 0. The van der Waals surface area contributed by atoms with Gasteiger partial charge in [-0.2, -0.15) is 4.31 Å². The average Bonchev–Trinajstić information content (AvgIpc) is 2.73. The van der Waals surface area contributed by atoms with Gasteiger partial charge in [-0.25, -0.2) is 8.42 Å². The monoisotopic (exact) mass is 404 g/mol. The molecule has 154 valence electrons. The van der Waals surface area contributed by atoms with E-state index >= 15 is 0 Å². The Hall–Kier alpha value is -1.40. The Bertz CT molecular complexity index is 798. The van der Waals surface area contributed by atoms with E-state index in [1.165, 1.54) is 25.7 Å². The van der Waals surface area contributed by atoms with Crippen LogP contribution < -0.4 is 0 Å². The fraction of sp³-hybridized carbons (Fsp3) is 0.682. The lowest BCUT2D eigenvalue weighted by molar-refractivity contribution is 0.0521. The van der Waals surface area contributed by atoms with Crippen molar-refractivity contribution in [3.8, 4) is 0 Å². The maximum absolute atomic E-state index is 12.9. The molecule has 1 aromatic carbocycles. The number of amides is 1. The molecule has 0 N–H and O–H groups in total. The average molecular weight is 405 g/mol. The first-order valence-corrected chi connectivity index (χ1v) is 12.3. The number of nitrogens with zero attached hydrogens (tertiary/aromatic N) is 2. The smallest absolute Gasteiger partial charge is 0.253 e. The van der Waals surface area contributed by atoms with Crippen LogP contribution >= 0.6 is 0 Å². The Balaban J connectivity index is 1.43. The largest absolute Gasteiger partial charge is 0.338 e. The summed E-state index contributed by atoms with van der Waals surface area (Å²) < 4.78 is 27.3. The molecule has 5 nitrogen and oxygen atoms in total. The third-order valence-electron chi connectivity index (χ3n) is 7.06. The minimum Gasteiger partial charge on any atom is -0.338 e. The number of rotatable bonds is 3. The lowest BCUT2D eigenvalue weighted by Gasteiger charge is -2.41. The van der Waals surface area contributed by atoms with Gasteiger partial charge in [0, 0.05) is 31.7 Å². The van der Waals surface area contributed by atoms with Gasteiger partial charge in [0.2, 0.25) is 10.0 Å². The first kappa shape index (κ1) is 19.9. The third-order valence-corrected chi connectivity index (χ3v) is 8.97. The maximum atomic E-state index is 12.9. The Labute approximate surface area is 169 Å². The van der Waals surface area contributed by atoms with E-state index in [0.717, 1.165) is 38.3 Å². The summed E-state index contributed by atoms with van der Waals surface area (Å²) in [6, 6.07) is 6.59. The molecule has 1 aliphatic carbocycles. The molecule has 1 amide bonds. The lowest BCUT2D eigenvalue weighted by Crippen LogP contribution is -2.44. The minimum atomic E-state index is -3.46. The number of sulfonamides is 1. The normalized spacial score (nSPS) is 27.4. The zero-order valence-corrected chi connectivity index (χ0v) is 17.7. The molecule has 3 fully saturated rings. The molecule has 6 heteroatoms. The Morgan fingerprint density at radius 2 is 1.54 bits per heavy atom. The number of benzene rings is 1. The van der Waals surface area contributed by atoms with Crippen molar-refractivity contribution in [3.63, 3.8) is 0 Å². The lowest BCUT2D eigenvalue weighted by atomic mass is 9.75. The van der Waals surface area contributed by atoms with E-state index in [0.29, 0.717) is 35.4 Å². The van der Waals surface area contributed by atoms with Gasteiger partial charge in [-0.15, -0.1) is 0 Å². The summed E-state index contributed by atoms with van der Waals surface area (Å²) in [5.41, 5.74) is 0.598. The van der Waals surface area contributed by atoms with Crippen LogP contribution in [0, 0.1) is 17.8 Å². The summed E-state index contributed by atoms with van der Waals surface area (Å²) in [7, 11) is -3.46. The molecular weight excluding hydrogens is 372 g/mol. The van der Waals surface area contributed by atoms with Crippen molar-refractivity contribution in [2.75, 3.05) is 26.2 Å². The van der Waals surface area contributed by atoms with Crippen LogP contribution in [0.4, 0.5) is 0 Å². The molecule has 0 aromatic heterocycles. The highest BCUT2D eigenvalue weighted by molar-refractivity contribution is 7.89. The molecule has 2 heterocycles. The van der Waals surface area contributed by atoms with E-state index in [9.17, 15) is 13.2 Å². The van der Waals surface area contributed by atoms with E-state index in [4.69, 9.17) is 0 Å². The van der Waals surface area contributed by atoms with E-state index in [1.54, 1.807) is 28.6 Å². The summed E-state index contributed by atoms with van der Waals surface area (Å²) in [5.74, 6) is 2.06. The number of hydrogen-bond donors (Lipinski definition) is 0. The van der Waals surface area contributed by atoms with E-state index in [2.05, 4.69) is 6.92 Å². The number of likely N-dealkylation sites (tertiary alicyclic amines) is 1. The second kappa shape index (κ2) is 8.15. The molecule has 2 saturated heterocycles. The summed E-state index contributed by atoms with van der Waals surface area (Å²) in [5, 5.41) is 0. The number of fused-ring (bicyclic) bond motifs is 1. The van der Waals surface area contributed by atoms with Crippen LogP contribution in [-0.2, 0) is 10.0 Å². The van der Waals surface area contributed by atoms with Crippen LogP contribution in [0.3, 0.4) is 0 Å². The van der Waals surface area contributed by atoms with Crippen molar-refractivity contribution in [1.82, 2.24) is 9.21 Å². The first-order valence-electron chi connectivity index (χ1n) is 10.8. The zero-order valence-electron chi connectivity index (χ0n) is 16.8. The fourth-order valence-electron chi connectivity index (χ4n) is 5.11.